The standard InChI is InChI=1S/C8H7N2S/c1-9-8-10-6-4-2-3-5-7(6)11-8/h3-5H,1H3,(H,9,10). The predicted octanol–water partition coefficient (Wildman–Crippen LogP) is 2.14. The minimum Gasteiger partial charge on any atom is -0.365 e. The van der Waals surface area contributed by atoms with E-state index in [0.29, 0.717) is 0 Å². The van der Waals surface area contributed by atoms with Crippen LogP contribution in [0.5, 0.6) is 0 Å². The summed E-state index contributed by atoms with van der Waals surface area (Å²) in [4.78, 5) is 4.31. The Labute approximate surface area is 68.9 Å². The van der Waals surface area contributed by atoms with Crippen LogP contribution in [0.4, 0.5) is 5.13 Å². The lowest BCUT2D eigenvalue weighted by Crippen LogP contribution is -1.83. The molecular formula is C8H7N2S. The van der Waals surface area contributed by atoms with Gasteiger partial charge in [-0.1, -0.05) is 17.4 Å². The molecular weight excluding hydrogens is 156 g/mol. The van der Waals surface area contributed by atoms with E-state index < -0.39 is 0 Å². The Kier molecular flexibility index (Phi) is 1.51. The van der Waals surface area contributed by atoms with Gasteiger partial charge in [-0.05, 0) is 18.2 Å². The highest BCUT2D eigenvalue weighted by molar-refractivity contribution is 7.22. The van der Waals surface area contributed by atoms with Gasteiger partial charge in [-0.25, -0.2) is 4.98 Å². The SMILES string of the molecule is CNc1nc2c[c]ccc2s1. The van der Waals surface area contributed by atoms with E-state index in [9.17, 15) is 0 Å². The molecule has 0 aliphatic heterocycles. The Bertz CT molecular complexity index is 334. The molecule has 1 aromatic carbocycles. The third-order valence-corrected chi connectivity index (χ3v) is 2.50. The molecule has 0 amide bonds. The van der Waals surface area contributed by atoms with E-state index in [2.05, 4.69) is 16.4 Å². The molecule has 0 aliphatic rings. The van der Waals surface area contributed by atoms with Crippen molar-refractivity contribution in [2.24, 2.45) is 0 Å². The Hall–Kier alpha value is -1.09. The van der Waals surface area contributed by atoms with Gasteiger partial charge in [0.1, 0.15) is 0 Å². The van der Waals surface area contributed by atoms with Crippen molar-refractivity contribution >= 4 is 26.7 Å². The highest BCUT2D eigenvalue weighted by Gasteiger charge is 1.98. The van der Waals surface area contributed by atoms with E-state index >= 15 is 0 Å². The summed E-state index contributed by atoms with van der Waals surface area (Å²) in [5.74, 6) is 0. The van der Waals surface area contributed by atoms with Gasteiger partial charge >= 0.3 is 0 Å². The van der Waals surface area contributed by atoms with Gasteiger partial charge in [-0.15, -0.1) is 0 Å². The lowest BCUT2D eigenvalue weighted by Gasteiger charge is -1.84. The van der Waals surface area contributed by atoms with Crippen LogP contribution < -0.4 is 5.32 Å². The second-order valence-corrected chi connectivity index (χ2v) is 3.19. The third-order valence-electron chi connectivity index (χ3n) is 1.45. The fourth-order valence-electron chi connectivity index (χ4n) is 0.924. The van der Waals surface area contributed by atoms with Crippen molar-refractivity contribution in [1.29, 1.82) is 0 Å². The van der Waals surface area contributed by atoms with Crippen LogP contribution in [0.25, 0.3) is 10.2 Å². The first-order valence-electron chi connectivity index (χ1n) is 3.34. The smallest absolute Gasteiger partial charge is 0.183 e. The lowest BCUT2D eigenvalue weighted by molar-refractivity contribution is 1.41. The summed E-state index contributed by atoms with van der Waals surface area (Å²) in [7, 11) is 1.88. The van der Waals surface area contributed by atoms with Crippen molar-refractivity contribution in [3.05, 3.63) is 24.3 Å². The quantitative estimate of drug-likeness (QED) is 0.696. The van der Waals surface area contributed by atoms with Crippen molar-refractivity contribution in [1.82, 2.24) is 4.98 Å². The largest absolute Gasteiger partial charge is 0.365 e. The van der Waals surface area contributed by atoms with Crippen LogP contribution in [0, 0.1) is 6.07 Å². The fraction of sp³-hybridized carbons (Fsp3) is 0.125. The molecule has 1 radical (unpaired) electrons. The van der Waals surface area contributed by atoms with Gasteiger partial charge in [0.2, 0.25) is 0 Å². The minimum atomic E-state index is 0.958. The zero-order valence-corrected chi connectivity index (χ0v) is 6.90. The molecule has 1 N–H and O–H groups in total. The first kappa shape index (κ1) is 6.61. The molecule has 0 saturated heterocycles. The minimum absolute atomic E-state index is 0.958. The molecule has 0 bridgehead atoms. The summed E-state index contributed by atoms with van der Waals surface area (Å²) in [6.45, 7) is 0. The second kappa shape index (κ2) is 2.51. The summed E-state index contributed by atoms with van der Waals surface area (Å²) < 4.78 is 1.20. The van der Waals surface area contributed by atoms with Crippen molar-refractivity contribution < 1.29 is 0 Å². The van der Waals surface area contributed by atoms with E-state index in [1.807, 2.05) is 25.2 Å². The first-order valence-corrected chi connectivity index (χ1v) is 4.16. The average molecular weight is 163 g/mol. The Morgan fingerprint density at radius 2 is 2.55 bits per heavy atom. The van der Waals surface area contributed by atoms with Crippen molar-refractivity contribution in [2.75, 3.05) is 12.4 Å². The summed E-state index contributed by atoms with van der Waals surface area (Å²) >= 11 is 1.66. The maximum Gasteiger partial charge on any atom is 0.183 e. The number of fused-ring (bicyclic) bond motifs is 1. The lowest BCUT2D eigenvalue weighted by atomic mass is 10.3. The molecule has 0 saturated carbocycles. The van der Waals surface area contributed by atoms with E-state index in [0.717, 1.165) is 10.6 Å². The number of benzene rings is 1. The van der Waals surface area contributed by atoms with Gasteiger partial charge in [0.25, 0.3) is 0 Å². The molecule has 55 valence electrons. The van der Waals surface area contributed by atoms with Crippen molar-refractivity contribution in [3.8, 4) is 0 Å². The Morgan fingerprint density at radius 3 is 3.27 bits per heavy atom. The highest BCUT2D eigenvalue weighted by atomic mass is 32.1. The molecule has 2 rings (SSSR count). The molecule has 3 heteroatoms. The van der Waals surface area contributed by atoms with E-state index in [-0.39, 0.29) is 0 Å². The van der Waals surface area contributed by atoms with E-state index in [4.69, 9.17) is 0 Å². The number of thiazole rings is 1. The predicted molar refractivity (Wildman–Crippen MR) is 48.0 cm³/mol. The number of anilines is 1. The summed E-state index contributed by atoms with van der Waals surface area (Å²) in [6.07, 6.45) is 0. The topological polar surface area (TPSA) is 24.9 Å². The van der Waals surface area contributed by atoms with Gasteiger partial charge in [0.15, 0.2) is 5.13 Å². The maximum absolute atomic E-state index is 4.31. The molecule has 0 atom stereocenters. The fourth-order valence-corrected chi connectivity index (χ4v) is 1.72. The van der Waals surface area contributed by atoms with Gasteiger partial charge in [-0.2, -0.15) is 0 Å². The summed E-state index contributed by atoms with van der Waals surface area (Å²) in [5.41, 5.74) is 1.02. The van der Waals surface area contributed by atoms with Crippen LogP contribution in [0.15, 0.2) is 18.2 Å². The van der Waals surface area contributed by atoms with Gasteiger partial charge in [0, 0.05) is 7.05 Å². The Morgan fingerprint density at radius 1 is 1.64 bits per heavy atom. The van der Waals surface area contributed by atoms with Crippen LogP contribution in [0.3, 0.4) is 0 Å². The number of aromatic nitrogens is 1. The zero-order chi connectivity index (χ0) is 7.68. The second-order valence-electron chi connectivity index (χ2n) is 2.16. The van der Waals surface area contributed by atoms with Gasteiger partial charge < -0.3 is 5.32 Å². The third kappa shape index (κ3) is 1.07. The highest BCUT2D eigenvalue weighted by Crippen LogP contribution is 2.24. The molecule has 0 unspecified atom stereocenters. The summed E-state index contributed by atoms with van der Waals surface area (Å²) in [6, 6.07) is 8.81. The first-order chi connectivity index (χ1) is 5.40. The van der Waals surface area contributed by atoms with Crippen LogP contribution in [0.1, 0.15) is 0 Å². The van der Waals surface area contributed by atoms with E-state index in [1.54, 1.807) is 11.3 Å². The average Bonchev–Trinajstić information content (AvgIpc) is 2.46. The monoisotopic (exact) mass is 163 g/mol. The number of nitrogens with zero attached hydrogens (tertiary/aromatic N) is 1. The van der Waals surface area contributed by atoms with Crippen LogP contribution in [-0.4, -0.2) is 12.0 Å². The molecule has 0 aliphatic carbocycles. The normalized spacial score (nSPS) is 10.3. The van der Waals surface area contributed by atoms with Crippen molar-refractivity contribution in [3.63, 3.8) is 0 Å². The van der Waals surface area contributed by atoms with Crippen molar-refractivity contribution in [2.45, 2.75) is 0 Å². The molecule has 2 nitrogen and oxygen atoms in total. The Balaban J connectivity index is 2.69. The molecule has 1 heterocycles. The number of rotatable bonds is 1. The number of nitrogens with one attached hydrogen (secondary N) is 1. The molecule has 1 aromatic heterocycles. The van der Waals surface area contributed by atoms with Gasteiger partial charge in [0.05, 0.1) is 10.2 Å². The molecule has 11 heavy (non-hydrogen) atoms. The summed E-state index contributed by atoms with van der Waals surface area (Å²) in [5, 5.41) is 3.97. The maximum atomic E-state index is 4.31. The zero-order valence-electron chi connectivity index (χ0n) is 6.09. The number of hydrogen-bond donors (Lipinski definition) is 1. The number of hydrogen-bond acceptors (Lipinski definition) is 3. The molecule has 0 fully saturated rings. The van der Waals surface area contributed by atoms with Crippen LogP contribution >= 0.6 is 11.3 Å². The van der Waals surface area contributed by atoms with Crippen LogP contribution in [-0.2, 0) is 0 Å². The van der Waals surface area contributed by atoms with Gasteiger partial charge in [-0.3, -0.25) is 0 Å². The van der Waals surface area contributed by atoms with E-state index in [1.165, 1.54) is 4.70 Å². The molecule has 0 spiro atoms. The van der Waals surface area contributed by atoms with Crippen LogP contribution in [0.2, 0.25) is 0 Å². The molecule has 2 aromatic rings.